The number of nitrogens with zero attached hydrogens (tertiary/aromatic N) is 2. The molecule has 1 aromatic heterocycles. The number of amides is 1. The summed E-state index contributed by atoms with van der Waals surface area (Å²) in [6, 6.07) is 11.1. The van der Waals surface area contributed by atoms with Crippen LogP contribution in [0.5, 0.6) is 17.2 Å². The standard InChI is InChI=1S/C21H23N3O6S/c1-4-30-18-8-5-7-17(28-2)20(18)31(26,27)23-21(25)15-9-10-16(19(13-15)29-3)14-24-12-6-11-22-24/h5-13H,4,14H2,1-3H3,(H,23,25). The maximum Gasteiger partial charge on any atom is 0.271 e. The van der Waals surface area contributed by atoms with Gasteiger partial charge in [-0.15, -0.1) is 0 Å². The van der Waals surface area contributed by atoms with E-state index < -0.39 is 15.9 Å². The van der Waals surface area contributed by atoms with Gasteiger partial charge in [0.05, 0.1) is 27.4 Å². The van der Waals surface area contributed by atoms with Crippen LogP contribution in [-0.2, 0) is 16.6 Å². The number of hydrogen-bond acceptors (Lipinski definition) is 7. The molecule has 1 heterocycles. The third-order valence-electron chi connectivity index (χ3n) is 4.40. The van der Waals surface area contributed by atoms with Crippen molar-refractivity contribution in [3.8, 4) is 17.2 Å². The van der Waals surface area contributed by atoms with Gasteiger partial charge in [-0.1, -0.05) is 12.1 Å². The van der Waals surface area contributed by atoms with Crippen LogP contribution >= 0.6 is 0 Å². The second-order valence-corrected chi connectivity index (χ2v) is 8.00. The fourth-order valence-electron chi connectivity index (χ4n) is 3.01. The Morgan fingerprint density at radius 2 is 1.81 bits per heavy atom. The lowest BCUT2D eigenvalue weighted by atomic mass is 10.1. The van der Waals surface area contributed by atoms with Crippen molar-refractivity contribution in [3.05, 3.63) is 66.0 Å². The molecule has 10 heteroatoms. The fraction of sp³-hybridized carbons (Fsp3) is 0.238. The average Bonchev–Trinajstić information content (AvgIpc) is 3.26. The van der Waals surface area contributed by atoms with Gasteiger partial charge in [0.2, 0.25) is 0 Å². The molecule has 31 heavy (non-hydrogen) atoms. The number of carbonyl (C=O) groups excluding carboxylic acids is 1. The van der Waals surface area contributed by atoms with Crippen LogP contribution in [0.15, 0.2) is 59.8 Å². The SMILES string of the molecule is CCOc1cccc(OC)c1S(=O)(=O)NC(=O)c1ccc(Cn2cccn2)c(OC)c1. The van der Waals surface area contributed by atoms with Crippen molar-refractivity contribution in [1.82, 2.24) is 14.5 Å². The monoisotopic (exact) mass is 445 g/mol. The van der Waals surface area contributed by atoms with Crippen molar-refractivity contribution >= 4 is 15.9 Å². The molecule has 0 radical (unpaired) electrons. The Labute approximate surface area is 180 Å². The molecule has 0 atom stereocenters. The number of hydrogen-bond donors (Lipinski definition) is 1. The maximum atomic E-state index is 13.0. The van der Waals surface area contributed by atoms with Crippen molar-refractivity contribution in [2.75, 3.05) is 20.8 Å². The largest absolute Gasteiger partial charge is 0.496 e. The zero-order valence-electron chi connectivity index (χ0n) is 17.4. The van der Waals surface area contributed by atoms with Crippen molar-refractivity contribution in [1.29, 1.82) is 0 Å². The van der Waals surface area contributed by atoms with Crippen LogP contribution in [0.4, 0.5) is 0 Å². The van der Waals surface area contributed by atoms with Crippen molar-refractivity contribution in [2.45, 2.75) is 18.4 Å². The molecular formula is C21H23N3O6S. The number of methoxy groups -OCH3 is 2. The van der Waals surface area contributed by atoms with E-state index in [1.165, 1.54) is 38.5 Å². The number of rotatable bonds is 9. The lowest BCUT2D eigenvalue weighted by Crippen LogP contribution is -2.31. The molecule has 0 fully saturated rings. The minimum absolute atomic E-state index is 0.0680. The van der Waals surface area contributed by atoms with E-state index in [0.717, 1.165) is 5.56 Å². The first-order chi connectivity index (χ1) is 14.9. The summed E-state index contributed by atoms with van der Waals surface area (Å²) in [7, 11) is -1.46. The highest BCUT2D eigenvalue weighted by atomic mass is 32.2. The van der Waals surface area contributed by atoms with E-state index in [0.29, 0.717) is 12.3 Å². The number of sulfonamides is 1. The topological polar surface area (TPSA) is 109 Å². The lowest BCUT2D eigenvalue weighted by molar-refractivity contribution is 0.0981. The van der Waals surface area contributed by atoms with Crippen LogP contribution in [0.1, 0.15) is 22.8 Å². The fourth-order valence-corrected chi connectivity index (χ4v) is 4.28. The summed E-state index contributed by atoms with van der Waals surface area (Å²) in [5, 5.41) is 4.14. The number of carbonyl (C=O) groups is 1. The van der Waals surface area contributed by atoms with E-state index in [1.54, 1.807) is 42.2 Å². The number of aromatic nitrogens is 2. The summed E-state index contributed by atoms with van der Waals surface area (Å²) in [6.07, 6.45) is 3.46. The quantitative estimate of drug-likeness (QED) is 0.539. The highest BCUT2D eigenvalue weighted by Crippen LogP contribution is 2.33. The van der Waals surface area contributed by atoms with Crippen molar-refractivity contribution < 1.29 is 27.4 Å². The number of benzene rings is 2. The Balaban J connectivity index is 1.89. The van der Waals surface area contributed by atoms with Gasteiger partial charge in [0, 0.05) is 23.5 Å². The Morgan fingerprint density at radius 1 is 1.06 bits per heavy atom. The molecule has 0 aliphatic heterocycles. The van der Waals surface area contributed by atoms with Crippen molar-refractivity contribution in [2.24, 2.45) is 0 Å². The lowest BCUT2D eigenvalue weighted by Gasteiger charge is -2.15. The first-order valence-corrected chi connectivity index (χ1v) is 10.9. The summed E-state index contributed by atoms with van der Waals surface area (Å²) in [6.45, 7) is 2.42. The van der Waals surface area contributed by atoms with Gasteiger partial charge < -0.3 is 14.2 Å². The van der Waals surface area contributed by atoms with Gasteiger partial charge in [0.1, 0.15) is 17.2 Å². The Morgan fingerprint density at radius 3 is 2.45 bits per heavy atom. The van der Waals surface area contributed by atoms with Gasteiger partial charge in [0.25, 0.3) is 15.9 Å². The molecule has 0 bridgehead atoms. The van der Waals surface area contributed by atoms with Gasteiger partial charge in [-0.3, -0.25) is 9.48 Å². The normalized spacial score (nSPS) is 11.1. The van der Waals surface area contributed by atoms with E-state index in [4.69, 9.17) is 14.2 Å². The molecule has 9 nitrogen and oxygen atoms in total. The molecule has 0 aliphatic carbocycles. The van der Waals surface area contributed by atoms with E-state index in [-0.39, 0.29) is 28.6 Å². The minimum Gasteiger partial charge on any atom is -0.496 e. The third-order valence-corrected chi connectivity index (χ3v) is 5.79. The smallest absolute Gasteiger partial charge is 0.271 e. The molecule has 0 saturated heterocycles. The molecule has 164 valence electrons. The Bertz CT molecular complexity index is 1160. The number of nitrogens with one attached hydrogen (secondary N) is 1. The highest BCUT2D eigenvalue weighted by Gasteiger charge is 2.27. The summed E-state index contributed by atoms with van der Waals surface area (Å²) in [5.74, 6) is -0.210. The molecule has 1 amide bonds. The Hall–Kier alpha value is -3.53. The molecule has 1 N–H and O–H groups in total. The van der Waals surface area contributed by atoms with Crippen molar-refractivity contribution in [3.63, 3.8) is 0 Å². The van der Waals surface area contributed by atoms with Gasteiger partial charge in [-0.05, 0) is 37.3 Å². The first-order valence-electron chi connectivity index (χ1n) is 9.41. The minimum atomic E-state index is -4.28. The molecule has 2 aromatic carbocycles. The third kappa shape index (κ3) is 4.97. The first kappa shape index (κ1) is 22.2. The van der Waals surface area contributed by atoms with Crippen LogP contribution in [0.25, 0.3) is 0 Å². The summed E-state index contributed by atoms with van der Waals surface area (Å²) in [5.41, 5.74) is 0.909. The van der Waals surface area contributed by atoms with E-state index in [9.17, 15) is 13.2 Å². The summed E-state index contributed by atoms with van der Waals surface area (Å²) in [4.78, 5) is 12.5. The summed E-state index contributed by atoms with van der Waals surface area (Å²) >= 11 is 0. The van der Waals surface area contributed by atoms with Gasteiger partial charge >= 0.3 is 0 Å². The van der Waals surface area contributed by atoms with Crippen LogP contribution < -0.4 is 18.9 Å². The molecule has 0 spiro atoms. The number of ether oxygens (including phenoxy) is 3. The zero-order chi connectivity index (χ0) is 22.4. The molecular weight excluding hydrogens is 422 g/mol. The second kappa shape index (κ2) is 9.52. The predicted molar refractivity (Wildman–Crippen MR) is 113 cm³/mol. The molecule has 0 saturated carbocycles. The molecule has 0 aliphatic rings. The Kier molecular flexibility index (Phi) is 6.81. The zero-order valence-corrected chi connectivity index (χ0v) is 18.2. The predicted octanol–water partition coefficient (Wildman–Crippen LogP) is 2.47. The second-order valence-electron chi connectivity index (χ2n) is 6.39. The molecule has 3 aromatic rings. The van der Waals surface area contributed by atoms with E-state index in [2.05, 4.69) is 9.82 Å². The summed E-state index contributed by atoms with van der Waals surface area (Å²) < 4.78 is 45.7. The van der Waals surface area contributed by atoms with Gasteiger partial charge in [-0.25, -0.2) is 13.1 Å². The average molecular weight is 445 g/mol. The van der Waals surface area contributed by atoms with Crippen LogP contribution in [0.2, 0.25) is 0 Å². The van der Waals surface area contributed by atoms with E-state index >= 15 is 0 Å². The molecule has 0 unspecified atom stereocenters. The van der Waals surface area contributed by atoms with Crippen LogP contribution in [-0.4, -0.2) is 44.9 Å². The van der Waals surface area contributed by atoms with E-state index in [1.807, 2.05) is 0 Å². The highest BCUT2D eigenvalue weighted by molar-refractivity contribution is 7.90. The molecule has 3 rings (SSSR count). The maximum absolute atomic E-state index is 13.0. The van der Waals surface area contributed by atoms with Crippen LogP contribution in [0, 0.1) is 0 Å². The van der Waals surface area contributed by atoms with Crippen LogP contribution in [0.3, 0.4) is 0 Å². The van der Waals surface area contributed by atoms with Gasteiger partial charge in [-0.2, -0.15) is 5.10 Å². The van der Waals surface area contributed by atoms with Gasteiger partial charge in [0.15, 0.2) is 4.90 Å².